The van der Waals surface area contributed by atoms with Gasteiger partial charge in [-0.05, 0) is 38.5 Å². The molecule has 7 nitrogen and oxygen atoms in total. The van der Waals surface area contributed by atoms with Crippen molar-refractivity contribution in [3.63, 3.8) is 0 Å². The molecule has 34 heavy (non-hydrogen) atoms. The van der Waals surface area contributed by atoms with Gasteiger partial charge in [-0.1, -0.05) is 41.4 Å². The van der Waals surface area contributed by atoms with E-state index in [0.717, 1.165) is 0 Å². The number of carbonyl (C=O) groups is 2. The summed E-state index contributed by atoms with van der Waals surface area (Å²) in [6.07, 6.45) is 0.350. The van der Waals surface area contributed by atoms with Gasteiger partial charge in [-0.3, -0.25) is 9.59 Å². The molecule has 9 heteroatoms. The highest BCUT2D eigenvalue weighted by Crippen LogP contribution is 2.45. The molecule has 0 bridgehead atoms. The normalized spacial score (nSPS) is 17.5. The van der Waals surface area contributed by atoms with Crippen LogP contribution in [0.4, 0.5) is 0 Å². The third-order valence-corrected chi connectivity index (χ3v) is 5.83. The smallest absolute Gasteiger partial charge is 0.295 e. The number of methoxy groups -OCH3 is 2. The van der Waals surface area contributed by atoms with E-state index in [-0.39, 0.29) is 39.6 Å². The first-order chi connectivity index (χ1) is 16.2. The molecule has 1 unspecified atom stereocenters. The molecule has 182 valence electrons. The lowest BCUT2D eigenvalue weighted by Gasteiger charge is -2.27. The average Bonchev–Trinajstić information content (AvgIpc) is 3.03. The molecule has 1 aliphatic heterocycles. The standard InChI is InChI=1S/C25H27Cl2NO6/c1-14(2)34-19-9-6-5-8-16(19)21-20(23(30)25(31)28(21)10-7-11-32-3)22(29)17-12-15(26)13-18(27)24(17)33-4/h5-6,8-9,12-14,21,29H,7,10-11H2,1-4H3/b22-20+. The highest BCUT2D eigenvalue weighted by atomic mass is 35.5. The maximum absolute atomic E-state index is 13.3. The van der Waals surface area contributed by atoms with Crippen molar-refractivity contribution in [2.45, 2.75) is 32.4 Å². The molecule has 0 radical (unpaired) electrons. The van der Waals surface area contributed by atoms with Gasteiger partial charge in [0.2, 0.25) is 0 Å². The molecule has 2 aromatic rings. The second kappa shape index (κ2) is 11.1. The minimum atomic E-state index is -0.894. The van der Waals surface area contributed by atoms with Gasteiger partial charge >= 0.3 is 0 Å². The zero-order valence-corrected chi connectivity index (χ0v) is 20.9. The van der Waals surface area contributed by atoms with E-state index in [2.05, 4.69) is 0 Å². The summed E-state index contributed by atoms with van der Waals surface area (Å²) in [5.74, 6) is -1.34. The lowest BCUT2D eigenvalue weighted by atomic mass is 9.94. The van der Waals surface area contributed by atoms with Gasteiger partial charge in [0.15, 0.2) is 0 Å². The number of likely N-dealkylation sites (tertiary alicyclic amines) is 1. The van der Waals surface area contributed by atoms with Crippen LogP contribution in [0.1, 0.15) is 37.4 Å². The first-order valence-electron chi connectivity index (χ1n) is 10.8. The van der Waals surface area contributed by atoms with Gasteiger partial charge in [-0.25, -0.2) is 0 Å². The number of halogens is 2. The van der Waals surface area contributed by atoms with Crippen LogP contribution in [0.15, 0.2) is 42.0 Å². The van der Waals surface area contributed by atoms with Crippen molar-refractivity contribution in [1.29, 1.82) is 0 Å². The van der Waals surface area contributed by atoms with Crippen molar-refractivity contribution >= 4 is 40.7 Å². The summed E-state index contributed by atoms with van der Waals surface area (Å²) in [6.45, 7) is 4.40. The Morgan fingerprint density at radius 2 is 1.85 bits per heavy atom. The van der Waals surface area contributed by atoms with Crippen molar-refractivity contribution in [3.05, 3.63) is 63.1 Å². The molecule has 1 fully saturated rings. The van der Waals surface area contributed by atoms with Crippen molar-refractivity contribution in [1.82, 2.24) is 4.90 Å². The van der Waals surface area contributed by atoms with Gasteiger partial charge < -0.3 is 24.2 Å². The van der Waals surface area contributed by atoms with E-state index >= 15 is 0 Å². The van der Waals surface area contributed by atoms with E-state index < -0.39 is 23.5 Å². The molecule has 2 aromatic carbocycles. The average molecular weight is 508 g/mol. The van der Waals surface area contributed by atoms with E-state index in [9.17, 15) is 14.7 Å². The van der Waals surface area contributed by atoms with Crippen molar-refractivity contribution in [3.8, 4) is 11.5 Å². The summed E-state index contributed by atoms with van der Waals surface area (Å²) >= 11 is 12.4. The van der Waals surface area contributed by atoms with E-state index in [1.807, 2.05) is 13.8 Å². The molecular formula is C25H27Cl2NO6. The van der Waals surface area contributed by atoms with E-state index in [0.29, 0.717) is 24.3 Å². The Labute approximate surface area is 208 Å². The summed E-state index contributed by atoms with van der Waals surface area (Å²) in [5, 5.41) is 11.8. The molecule has 1 N–H and O–H groups in total. The quantitative estimate of drug-likeness (QED) is 0.216. The fraction of sp³-hybridized carbons (Fsp3) is 0.360. The number of benzene rings is 2. The van der Waals surface area contributed by atoms with Gasteiger partial charge in [0, 0.05) is 30.8 Å². The lowest BCUT2D eigenvalue weighted by Crippen LogP contribution is -2.31. The third kappa shape index (κ3) is 5.17. The van der Waals surface area contributed by atoms with Gasteiger partial charge in [-0.15, -0.1) is 0 Å². The molecule has 3 rings (SSSR count). The Hall–Kier alpha value is -2.74. The number of amides is 1. The minimum absolute atomic E-state index is 0.0983. The molecule has 0 spiro atoms. The summed E-state index contributed by atoms with van der Waals surface area (Å²) in [5.41, 5.74) is 0.586. The van der Waals surface area contributed by atoms with Crippen LogP contribution < -0.4 is 9.47 Å². The molecular weight excluding hydrogens is 481 g/mol. The first-order valence-corrected chi connectivity index (χ1v) is 11.5. The number of nitrogens with zero attached hydrogens (tertiary/aromatic N) is 1. The predicted molar refractivity (Wildman–Crippen MR) is 131 cm³/mol. The largest absolute Gasteiger partial charge is 0.507 e. The second-order valence-corrected chi connectivity index (χ2v) is 8.86. The zero-order valence-electron chi connectivity index (χ0n) is 19.4. The number of hydrogen-bond donors (Lipinski definition) is 1. The Balaban J connectivity index is 2.27. The fourth-order valence-corrected chi connectivity index (χ4v) is 4.54. The maximum Gasteiger partial charge on any atom is 0.295 e. The first kappa shape index (κ1) is 25.9. The predicted octanol–water partition coefficient (Wildman–Crippen LogP) is 5.25. The van der Waals surface area contributed by atoms with Crippen LogP contribution in [0.5, 0.6) is 11.5 Å². The van der Waals surface area contributed by atoms with E-state index in [1.165, 1.54) is 24.1 Å². The highest BCUT2D eigenvalue weighted by molar-refractivity contribution is 6.47. The molecule has 1 amide bonds. The number of para-hydroxylation sites is 1. The number of ketones is 1. The van der Waals surface area contributed by atoms with E-state index in [1.54, 1.807) is 31.4 Å². The maximum atomic E-state index is 13.3. The summed E-state index contributed by atoms with van der Waals surface area (Å²) in [6, 6.07) is 9.13. The van der Waals surface area contributed by atoms with Crippen LogP contribution >= 0.6 is 23.2 Å². The number of aliphatic hydroxyl groups excluding tert-OH is 1. The Morgan fingerprint density at radius 1 is 1.15 bits per heavy atom. The number of carbonyl (C=O) groups excluding carboxylic acids is 2. The Kier molecular flexibility index (Phi) is 8.47. The SMILES string of the molecule is COCCCN1C(=O)C(=O)/C(=C(/O)c2cc(Cl)cc(Cl)c2OC)C1c1ccccc1OC(C)C. The van der Waals surface area contributed by atoms with Crippen LogP contribution in [-0.2, 0) is 14.3 Å². The molecule has 1 heterocycles. The Morgan fingerprint density at radius 3 is 2.50 bits per heavy atom. The Bertz CT molecular complexity index is 1110. The third-order valence-electron chi connectivity index (χ3n) is 5.33. The molecule has 1 atom stereocenters. The number of ether oxygens (including phenoxy) is 3. The van der Waals surface area contributed by atoms with Crippen LogP contribution in [0.25, 0.3) is 5.76 Å². The molecule has 1 aliphatic rings. The number of hydrogen-bond acceptors (Lipinski definition) is 6. The van der Waals surface area contributed by atoms with Crippen LogP contribution in [0.2, 0.25) is 10.0 Å². The lowest BCUT2D eigenvalue weighted by molar-refractivity contribution is -0.140. The molecule has 0 aliphatic carbocycles. The van der Waals surface area contributed by atoms with Crippen LogP contribution in [-0.4, -0.2) is 55.2 Å². The van der Waals surface area contributed by atoms with Gasteiger partial charge in [-0.2, -0.15) is 0 Å². The zero-order chi connectivity index (χ0) is 25.0. The van der Waals surface area contributed by atoms with Crippen LogP contribution in [0, 0.1) is 0 Å². The summed E-state index contributed by atoms with van der Waals surface area (Å²) in [4.78, 5) is 27.8. The number of aliphatic hydroxyl groups is 1. The monoisotopic (exact) mass is 507 g/mol. The molecule has 0 aromatic heterocycles. The topological polar surface area (TPSA) is 85.3 Å². The number of rotatable bonds is 9. The van der Waals surface area contributed by atoms with Crippen molar-refractivity contribution in [2.24, 2.45) is 0 Å². The van der Waals surface area contributed by atoms with Crippen LogP contribution in [0.3, 0.4) is 0 Å². The summed E-state index contributed by atoms with van der Waals surface area (Å²) in [7, 11) is 2.95. The van der Waals surface area contributed by atoms with Gasteiger partial charge in [0.05, 0.1) is 35.4 Å². The van der Waals surface area contributed by atoms with E-state index in [4.69, 9.17) is 37.4 Å². The van der Waals surface area contributed by atoms with Gasteiger partial charge in [0.25, 0.3) is 11.7 Å². The fourth-order valence-electron chi connectivity index (χ4n) is 3.97. The molecule has 1 saturated heterocycles. The highest BCUT2D eigenvalue weighted by Gasteiger charge is 2.47. The van der Waals surface area contributed by atoms with Crippen molar-refractivity contribution in [2.75, 3.05) is 27.4 Å². The second-order valence-electron chi connectivity index (χ2n) is 8.01. The number of Topliss-reactive ketones (excluding diaryl/α,β-unsaturated/α-hetero) is 1. The molecule has 0 saturated carbocycles. The minimum Gasteiger partial charge on any atom is -0.507 e. The summed E-state index contributed by atoms with van der Waals surface area (Å²) < 4.78 is 16.5. The van der Waals surface area contributed by atoms with Crippen molar-refractivity contribution < 1.29 is 28.9 Å². The van der Waals surface area contributed by atoms with Gasteiger partial charge in [0.1, 0.15) is 17.3 Å².